The first-order valence-electron chi connectivity index (χ1n) is 10.2. The second kappa shape index (κ2) is 7.60. The molecule has 0 spiro atoms. The third kappa shape index (κ3) is 3.45. The summed E-state index contributed by atoms with van der Waals surface area (Å²) in [5.41, 5.74) is 2.95. The van der Waals surface area contributed by atoms with Gasteiger partial charge in [-0.3, -0.25) is 4.98 Å². The molecule has 4 nitrogen and oxygen atoms in total. The van der Waals surface area contributed by atoms with Crippen molar-refractivity contribution in [3.63, 3.8) is 0 Å². The number of imidazole rings is 1. The van der Waals surface area contributed by atoms with Gasteiger partial charge >= 0.3 is 6.18 Å². The van der Waals surface area contributed by atoms with Crippen LogP contribution in [0, 0.1) is 0 Å². The summed E-state index contributed by atoms with van der Waals surface area (Å²) in [5, 5.41) is 10.3. The predicted molar refractivity (Wildman–Crippen MR) is 116 cm³/mol. The number of rotatable bonds is 4. The fraction of sp³-hybridized carbons (Fsp3) is 0.250. The first-order valence-corrected chi connectivity index (χ1v) is 10.6. The first kappa shape index (κ1) is 21.0. The number of nitrogens with zero attached hydrogens (tertiary/aromatic N) is 2. The van der Waals surface area contributed by atoms with Gasteiger partial charge in [0, 0.05) is 16.8 Å². The molecule has 32 heavy (non-hydrogen) atoms. The number of H-pyrrole nitrogens is 1. The molecule has 0 unspecified atom stereocenters. The van der Waals surface area contributed by atoms with E-state index >= 15 is 0 Å². The molecule has 2 N–H and O–H groups in total. The Balaban J connectivity index is 1.51. The van der Waals surface area contributed by atoms with Gasteiger partial charge in [0.15, 0.2) is 0 Å². The minimum atomic E-state index is -4.56. The average Bonchev–Trinajstić information content (AvgIpc) is 3.15. The summed E-state index contributed by atoms with van der Waals surface area (Å²) in [6.45, 7) is -0.506. The van der Waals surface area contributed by atoms with Crippen molar-refractivity contribution in [1.29, 1.82) is 0 Å². The Morgan fingerprint density at radius 2 is 1.81 bits per heavy atom. The molecular weight excluding hydrogens is 439 g/mol. The number of aromatic amines is 1. The number of fused-ring (bicyclic) bond motifs is 1. The number of aromatic nitrogens is 3. The SMILES string of the molecule is OCc1cc(C(F)(F)F)ncc1-c1ccc(C2(c3nc4ccc(Cl)cc4[nH]3)CCC2)cc1. The van der Waals surface area contributed by atoms with Crippen molar-refractivity contribution in [2.24, 2.45) is 0 Å². The van der Waals surface area contributed by atoms with Crippen molar-refractivity contribution in [1.82, 2.24) is 15.0 Å². The van der Waals surface area contributed by atoms with Gasteiger partial charge in [0.1, 0.15) is 11.5 Å². The van der Waals surface area contributed by atoms with E-state index < -0.39 is 18.5 Å². The van der Waals surface area contributed by atoms with Crippen molar-refractivity contribution in [3.8, 4) is 11.1 Å². The number of halogens is 4. The second-order valence-corrected chi connectivity index (χ2v) is 8.58. The van der Waals surface area contributed by atoms with Gasteiger partial charge in [0.2, 0.25) is 0 Å². The summed E-state index contributed by atoms with van der Waals surface area (Å²) in [6.07, 6.45) is -0.407. The molecule has 0 saturated heterocycles. The molecule has 8 heteroatoms. The van der Waals surface area contributed by atoms with E-state index in [4.69, 9.17) is 16.6 Å². The third-order valence-corrected chi connectivity index (χ3v) is 6.54. The van der Waals surface area contributed by atoms with Crippen LogP contribution in [0.15, 0.2) is 54.7 Å². The van der Waals surface area contributed by atoms with Crippen LogP contribution >= 0.6 is 11.6 Å². The topological polar surface area (TPSA) is 61.8 Å². The number of nitrogens with one attached hydrogen (secondary N) is 1. The summed E-state index contributed by atoms with van der Waals surface area (Å²) < 4.78 is 38.9. The number of aliphatic hydroxyl groups excluding tert-OH is 1. The van der Waals surface area contributed by atoms with Gasteiger partial charge in [0.05, 0.1) is 23.1 Å². The maximum absolute atomic E-state index is 13.0. The van der Waals surface area contributed by atoms with Crippen LogP contribution in [0.3, 0.4) is 0 Å². The van der Waals surface area contributed by atoms with Gasteiger partial charge in [-0.1, -0.05) is 42.3 Å². The van der Waals surface area contributed by atoms with Crippen molar-refractivity contribution in [2.45, 2.75) is 37.5 Å². The highest BCUT2D eigenvalue weighted by atomic mass is 35.5. The normalized spacial score (nSPS) is 15.7. The van der Waals surface area contributed by atoms with Gasteiger partial charge in [-0.25, -0.2) is 4.98 Å². The predicted octanol–water partition coefficient (Wildman–Crippen LogP) is 6.26. The molecule has 0 amide bonds. The van der Waals surface area contributed by atoms with E-state index in [9.17, 15) is 18.3 Å². The summed E-state index contributed by atoms with van der Waals surface area (Å²) in [6, 6.07) is 14.1. The second-order valence-electron chi connectivity index (χ2n) is 8.14. The maximum atomic E-state index is 13.0. The molecule has 1 saturated carbocycles. The maximum Gasteiger partial charge on any atom is 0.433 e. The largest absolute Gasteiger partial charge is 0.433 e. The Hall–Kier alpha value is -2.90. The van der Waals surface area contributed by atoms with Crippen LogP contribution in [-0.2, 0) is 18.2 Å². The highest BCUT2D eigenvalue weighted by Crippen LogP contribution is 2.48. The molecule has 2 heterocycles. The highest BCUT2D eigenvalue weighted by molar-refractivity contribution is 6.31. The lowest BCUT2D eigenvalue weighted by Crippen LogP contribution is -2.36. The Morgan fingerprint density at radius 1 is 1.06 bits per heavy atom. The molecule has 1 aliphatic carbocycles. The Morgan fingerprint density at radius 3 is 2.44 bits per heavy atom. The number of benzene rings is 2. The van der Waals surface area contributed by atoms with Gasteiger partial charge in [-0.15, -0.1) is 0 Å². The zero-order valence-electron chi connectivity index (χ0n) is 16.9. The number of aliphatic hydroxyl groups is 1. The molecule has 2 aromatic heterocycles. The third-order valence-electron chi connectivity index (χ3n) is 6.30. The molecule has 0 radical (unpaired) electrons. The van der Waals surface area contributed by atoms with Crippen LogP contribution in [0.1, 0.15) is 41.9 Å². The van der Waals surface area contributed by atoms with E-state index in [0.29, 0.717) is 16.1 Å². The smallest absolute Gasteiger partial charge is 0.392 e. The summed E-state index contributed by atoms with van der Waals surface area (Å²) >= 11 is 6.11. The molecule has 4 aromatic rings. The number of hydrogen-bond acceptors (Lipinski definition) is 3. The number of alkyl halides is 3. The minimum Gasteiger partial charge on any atom is -0.392 e. The molecule has 2 aromatic carbocycles. The molecule has 0 bridgehead atoms. The fourth-order valence-electron chi connectivity index (χ4n) is 4.41. The average molecular weight is 458 g/mol. The van der Waals surface area contributed by atoms with E-state index in [2.05, 4.69) is 9.97 Å². The lowest BCUT2D eigenvalue weighted by molar-refractivity contribution is -0.141. The zero-order chi connectivity index (χ0) is 22.5. The first-order chi connectivity index (χ1) is 15.3. The molecule has 164 valence electrons. The van der Waals surface area contributed by atoms with Crippen LogP contribution in [0.2, 0.25) is 5.02 Å². The molecule has 0 aliphatic heterocycles. The van der Waals surface area contributed by atoms with Crippen LogP contribution in [0.4, 0.5) is 13.2 Å². The highest BCUT2D eigenvalue weighted by Gasteiger charge is 2.43. The van der Waals surface area contributed by atoms with Gasteiger partial charge in [0.25, 0.3) is 0 Å². The van der Waals surface area contributed by atoms with Gasteiger partial charge < -0.3 is 10.1 Å². The monoisotopic (exact) mass is 457 g/mol. The van der Waals surface area contributed by atoms with E-state index in [1.54, 1.807) is 0 Å². The minimum absolute atomic E-state index is 0.188. The van der Waals surface area contributed by atoms with E-state index in [1.807, 2.05) is 42.5 Å². The van der Waals surface area contributed by atoms with Crippen molar-refractivity contribution in [3.05, 3.63) is 82.4 Å². The summed E-state index contributed by atoms with van der Waals surface area (Å²) in [4.78, 5) is 11.8. The van der Waals surface area contributed by atoms with Crippen LogP contribution in [0.5, 0.6) is 0 Å². The summed E-state index contributed by atoms with van der Waals surface area (Å²) in [5.74, 6) is 0.890. The number of pyridine rings is 1. The fourth-order valence-corrected chi connectivity index (χ4v) is 4.58. The van der Waals surface area contributed by atoms with Crippen LogP contribution < -0.4 is 0 Å². The van der Waals surface area contributed by atoms with Crippen molar-refractivity contribution < 1.29 is 18.3 Å². The van der Waals surface area contributed by atoms with E-state index in [1.165, 1.54) is 6.20 Å². The Kier molecular flexibility index (Phi) is 4.98. The van der Waals surface area contributed by atoms with Gasteiger partial charge in [-0.05, 0) is 53.8 Å². The van der Waals surface area contributed by atoms with Gasteiger partial charge in [-0.2, -0.15) is 13.2 Å². The Bertz CT molecular complexity index is 1290. The molecule has 1 aliphatic rings. The standard InChI is InChI=1S/C24H19ClF3N3O/c25-17-6-7-19-20(11-17)31-22(30-19)23(8-1-9-23)16-4-2-14(3-5-16)18-12-29-21(24(26,27)28)10-15(18)13-32/h2-7,10-12,32H,1,8-9,13H2,(H,30,31). The van der Waals surface area contributed by atoms with E-state index in [-0.39, 0.29) is 11.0 Å². The molecular formula is C24H19ClF3N3O. The zero-order valence-corrected chi connectivity index (χ0v) is 17.6. The quantitative estimate of drug-likeness (QED) is 0.380. The molecule has 5 rings (SSSR count). The van der Waals surface area contributed by atoms with E-state index in [0.717, 1.165) is 47.8 Å². The van der Waals surface area contributed by atoms with Crippen molar-refractivity contribution in [2.75, 3.05) is 0 Å². The summed E-state index contributed by atoms with van der Waals surface area (Å²) in [7, 11) is 0. The Labute approximate surface area is 187 Å². The molecule has 0 atom stereocenters. The number of hydrogen-bond donors (Lipinski definition) is 2. The van der Waals surface area contributed by atoms with Crippen LogP contribution in [0.25, 0.3) is 22.2 Å². The lowest BCUT2D eigenvalue weighted by atomic mass is 9.64. The molecule has 1 fully saturated rings. The van der Waals surface area contributed by atoms with Crippen LogP contribution in [-0.4, -0.2) is 20.1 Å². The van der Waals surface area contributed by atoms with Crippen molar-refractivity contribution >= 4 is 22.6 Å². The lowest BCUT2D eigenvalue weighted by Gasteiger charge is -2.40.